The van der Waals surface area contributed by atoms with Crippen LogP contribution in [0.25, 0.3) is 87.6 Å². The first-order chi connectivity index (χ1) is 24.5. The fraction of sp³-hybridized carbons (Fsp3) is 0. The van der Waals surface area contributed by atoms with Gasteiger partial charge in [0.2, 0.25) is 0 Å². The number of furan rings is 1. The Kier molecular flexibility index (Phi) is 7.18. The monoisotopic (exact) mass is 620 g/mol. The van der Waals surface area contributed by atoms with Gasteiger partial charge in [-0.05, 0) is 83.9 Å². The minimum absolute atomic E-state index is 0.116. The zero-order chi connectivity index (χ0) is 35.6. The Morgan fingerprint density at radius 3 is 1.37 bits per heavy atom. The summed E-state index contributed by atoms with van der Waals surface area (Å²) in [6, 6.07) is 28.6. The Morgan fingerprint density at radius 2 is 0.784 bits per heavy atom. The summed E-state index contributed by atoms with van der Waals surface area (Å²) >= 11 is 0. The molecule has 1 nitrogen and oxygen atoms in total. The van der Waals surface area contributed by atoms with E-state index in [9.17, 15) is 0 Å². The van der Waals surface area contributed by atoms with Crippen LogP contribution in [-0.4, -0.2) is 78.5 Å². The number of hydrogen-bond acceptors (Lipinski definition) is 1. The summed E-state index contributed by atoms with van der Waals surface area (Å²) in [5.74, 6) is 0. The molecule has 0 atom stereocenters. The predicted octanol–water partition coefficient (Wildman–Crippen LogP) is -0.578. The molecule has 20 radical (unpaired) electrons. The minimum atomic E-state index is 0.116. The molecule has 0 N–H and O–H groups in total. The standard InChI is InChI=1S/C40H14B10O/c41-31-29(32(42)36(46)39(49)35(31)45)22-14-23(30-33(43)37(47)40(50)38(48)34(30)44)20-13-12-18-16(10-8-15-9-11-19(22)28(20)26(15)18)17-5-3-7-25-27(17)21-4-1-2-6-24(21)51-25/h1-14H. The van der Waals surface area contributed by atoms with Crippen LogP contribution in [0.3, 0.4) is 0 Å². The van der Waals surface area contributed by atoms with Crippen LogP contribution in [0.2, 0.25) is 0 Å². The molecule has 0 aliphatic carbocycles. The lowest BCUT2D eigenvalue weighted by atomic mass is 9.58. The van der Waals surface area contributed by atoms with Gasteiger partial charge in [-0.15, -0.1) is 32.8 Å². The van der Waals surface area contributed by atoms with Crippen molar-refractivity contribution in [3.63, 3.8) is 0 Å². The van der Waals surface area contributed by atoms with Crippen molar-refractivity contribution in [1.82, 2.24) is 0 Å². The molecule has 11 heteroatoms. The van der Waals surface area contributed by atoms with Crippen LogP contribution in [-0.2, 0) is 0 Å². The van der Waals surface area contributed by atoms with E-state index in [-0.39, 0.29) is 54.6 Å². The van der Waals surface area contributed by atoms with Crippen molar-refractivity contribution in [1.29, 1.82) is 0 Å². The van der Waals surface area contributed by atoms with Crippen molar-refractivity contribution in [2.24, 2.45) is 0 Å². The Labute approximate surface area is 308 Å². The quantitative estimate of drug-likeness (QED) is 0.191. The van der Waals surface area contributed by atoms with Crippen molar-refractivity contribution >= 4 is 187 Å². The highest BCUT2D eigenvalue weighted by atomic mass is 16.3. The Morgan fingerprint density at radius 1 is 0.314 bits per heavy atom. The molecule has 0 saturated carbocycles. The molecule has 9 rings (SSSR count). The first-order valence-electron chi connectivity index (χ1n) is 16.2. The van der Waals surface area contributed by atoms with Crippen LogP contribution in [0.4, 0.5) is 0 Å². The van der Waals surface area contributed by atoms with Crippen LogP contribution >= 0.6 is 0 Å². The summed E-state index contributed by atoms with van der Waals surface area (Å²) in [7, 11) is 64.9. The van der Waals surface area contributed by atoms with Gasteiger partial charge in [-0.3, -0.25) is 0 Å². The SMILES string of the molecule is [B]c1c([B])c([B])c(-c2cc(-c3c([B])c([B])c([B])c([B])c3[B])c3ccc4c(-c5cccc6oc7ccccc7c56)ccc5ccc2c3c54)c([B])c1[B]. The zero-order valence-corrected chi connectivity index (χ0v) is 27.3. The van der Waals surface area contributed by atoms with E-state index >= 15 is 0 Å². The topological polar surface area (TPSA) is 13.1 Å². The number of fused-ring (bicyclic) bond motifs is 3. The van der Waals surface area contributed by atoms with Crippen LogP contribution in [0, 0.1) is 0 Å². The van der Waals surface area contributed by atoms with Crippen LogP contribution in [0.15, 0.2) is 89.3 Å². The van der Waals surface area contributed by atoms with Crippen LogP contribution < -0.4 is 54.6 Å². The van der Waals surface area contributed by atoms with Gasteiger partial charge in [-0.2, -0.15) is 0 Å². The van der Waals surface area contributed by atoms with E-state index in [0.717, 1.165) is 65.4 Å². The fourth-order valence-corrected chi connectivity index (χ4v) is 7.82. The molecule has 0 unspecified atom stereocenters. The molecule has 0 amide bonds. The Hall–Kier alpha value is -4.75. The second-order valence-electron chi connectivity index (χ2n) is 13.0. The summed E-state index contributed by atoms with van der Waals surface area (Å²) < 4.78 is 6.26. The first kappa shape index (κ1) is 32.2. The van der Waals surface area contributed by atoms with Gasteiger partial charge >= 0.3 is 0 Å². The molecular weight excluding hydrogens is 605 g/mol. The molecule has 0 bridgehead atoms. The first-order valence-corrected chi connectivity index (χ1v) is 16.2. The van der Waals surface area contributed by atoms with E-state index in [1.807, 2.05) is 42.5 Å². The molecule has 1 aromatic heterocycles. The van der Waals surface area contributed by atoms with Crippen molar-refractivity contribution in [2.75, 3.05) is 0 Å². The van der Waals surface area contributed by atoms with E-state index in [1.165, 1.54) is 0 Å². The molecule has 0 aliphatic rings. The van der Waals surface area contributed by atoms with E-state index in [0.29, 0.717) is 22.3 Å². The smallest absolute Gasteiger partial charge is 0.136 e. The van der Waals surface area contributed by atoms with Gasteiger partial charge in [-0.1, -0.05) is 88.6 Å². The summed E-state index contributed by atoms with van der Waals surface area (Å²) in [5, 5.41) is 7.67. The maximum absolute atomic E-state index is 6.71. The van der Waals surface area contributed by atoms with Crippen molar-refractivity contribution < 1.29 is 4.42 Å². The molecule has 8 aromatic carbocycles. The van der Waals surface area contributed by atoms with Gasteiger partial charge < -0.3 is 4.42 Å². The average Bonchev–Trinajstić information content (AvgIpc) is 3.53. The Bertz CT molecular complexity index is 2830. The summed E-state index contributed by atoms with van der Waals surface area (Å²) in [6.07, 6.45) is 0. The summed E-state index contributed by atoms with van der Waals surface area (Å²) in [5.41, 5.74) is 7.36. The average molecular weight is 619 g/mol. The number of para-hydroxylation sites is 1. The van der Waals surface area contributed by atoms with Gasteiger partial charge in [-0.25, -0.2) is 0 Å². The fourth-order valence-electron chi connectivity index (χ4n) is 7.82. The zero-order valence-electron chi connectivity index (χ0n) is 27.3. The lowest BCUT2D eigenvalue weighted by Crippen LogP contribution is -2.55. The molecule has 210 valence electrons. The highest BCUT2D eigenvalue weighted by Crippen LogP contribution is 2.46. The molecule has 0 spiro atoms. The number of benzene rings is 8. The normalized spacial score (nSPS) is 11.9. The lowest BCUT2D eigenvalue weighted by Gasteiger charge is -2.27. The third kappa shape index (κ3) is 4.37. The second kappa shape index (κ2) is 11.4. The minimum Gasteiger partial charge on any atom is -0.456 e. The van der Waals surface area contributed by atoms with Crippen molar-refractivity contribution in [2.45, 2.75) is 0 Å². The molecule has 1 heterocycles. The van der Waals surface area contributed by atoms with Gasteiger partial charge in [0.15, 0.2) is 0 Å². The second-order valence-corrected chi connectivity index (χ2v) is 13.0. The van der Waals surface area contributed by atoms with E-state index in [4.69, 9.17) is 82.9 Å². The highest BCUT2D eigenvalue weighted by Gasteiger charge is 2.24. The molecule has 0 fully saturated rings. The van der Waals surface area contributed by atoms with Gasteiger partial charge in [0.1, 0.15) is 89.6 Å². The highest BCUT2D eigenvalue weighted by molar-refractivity contribution is 6.70. The van der Waals surface area contributed by atoms with E-state index in [1.54, 1.807) is 0 Å². The molecular formula is C40H14B10O. The van der Waals surface area contributed by atoms with Crippen molar-refractivity contribution in [3.8, 4) is 33.4 Å². The number of hydrogen-bond donors (Lipinski definition) is 0. The third-order valence-corrected chi connectivity index (χ3v) is 10.4. The molecule has 0 aliphatic heterocycles. The predicted molar refractivity (Wildman–Crippen MR) is 228 cm³/mol. The lowest BCUT2D eigenvalue weighted by molar-refractivity contribution is 0.669. The largest absolute Gasteiger partial charge is 0.456 e. The molecule has 51 heavy (non-hydrogen) atoms. The maximum Gasteiger partial charge on any atom is 0.136 e. The van der Waals surface area contributed by atoms with Crippen LogP contribution in [0.1, 0.15) is 0 Å². The van der Waals surface area contributed by atoms with E-state index in [2.05, 4.69) is 42.5 Å². The van der Waals surface area contributed by atoms with E-state index < -0.39 is 0 Å². The summed E-state index contributed by atoms with van der Waals surface area (Å²) in [4.78, 5) is 0. The summed E-state index contributed by atoms with van der Waals surface area (Å²) in [6.45, 7) is 0. The molecule has 0 saturated heterocycles. The third-order valence-electron chi connectivity index (χ3n) is 10.4. The molecule has 9 aromatic rings. The Balaban J connectivity index is 1.49. The van der Waals surface area contributed by atoms with Gasteiger partial charge in [0.25, 0.3) is 0 Å². The number of rotatable bonds is 3. The maximum atomic E-state index is 6.71. The van der Waals surface area contributed by atoms with Gasteiger partial charge in [0, 0.05) is 10.8 Å². The van der Waals surface area contributed by atoms with Gasteiger partial charge in [0.05, 0.1) is 0 Å². The van der Waals surface area contributed by atoms with Crippen molar-refractivity contribution in [3.05, 3.63) is 84.9 Å². The van der Waals surface area contributed by atoms with Crippen LogP contribution in [0.5, 0.6) is 0 Å².